The third-order valence-corrected chi connectivity index (χ3v) is 4.00. The molecule has 108 valence electrons. The van der Waals surface area contributed by atoms with Gasteiger partial charge in [0.05, 0.1) is 11.7 Å². The summed E-state index contributed by atoms with van der Waals surface area (Å²) in [5.41, 5.74) is 2.22. The Bertz CT molecular complexity index is 776. The first-order chi connectivity index (χ1) is 10.0. The number of nitrogens with one attached hydrogen (secondary N) is 1. The normalized spacial score (nSPS) is 12.6. The fourth-order valence-electron chi connectivity index (χ4n) is 2.35. The maximum atomic E-state index is 13.9. The average Bonchev–Trinajstić information content (AvgIpc) is 2.86. The molecule has 0 amide bonds. The van der Waals surface area contributed by atoms with E-state index in [0.717, 1.165) is 26.8 Å². The number of anilines is 1. The fraction of sp³-hybridized carbons (Fsp3) is 0.176. The van der Waals surface area contributed by atoms with E-state index < -0.39 is 0 Å². The minimum Gasteiger partial charge on any atom is -0.459 e. The van der Waals surface area contributed by atoms with Crippen molar-refractivity contribution in [3.05, 3.63) is 64.1 Å². The van der Waals surface area contributed by atoms with E-state index in [2.05, 4.69) is 21.2 Å². The minimum absolute atomic E-state index is 0.119. The number of hydrogen-bond acceptors (Lipinski definition) is 2. The highest BCUT2D eigenvalue weighted by molar-refractivity contribution is 9.10. The van der Waals surface area contributed by atoms with Crippen molar-refractivity contribution < 1.29 is 8.81 Å². The Hall–Kier alpha value is -1.81. The molecule has 21 heavy (non-hydrogen) atoms. The molecule has 1 atom stereocenters. The van der Waals surface area contributed by atoms with Crippen LogP contribution in [-0.2, 0) is 0 Å². The average molecular weight is 348 g/mol. The van der Waals surface area contributed by atoms with Crippen LogP contribution < -0.4 is 5.32 Å². The first-order valence-corrected chi connectivity index (χ1v) is 7.54. The zero-order chi connectivity index (χ0) is 15.0. The van der Waals surface area contributed by atoms with E-state index in [1.807, 2.05) is 44.2 Å². The number of halogens is 2. The van der Waals surface area contributed by atoms with Gasteiger partial charge in [-0.15, -0.1) is 0 Å². The van der Waals surface area contributed by atoms with Crippen LogP contribution in [0.1, 0.15) is 24.3 Å². The Labute approximate surface area is 131 Å². The van der Waals surface area contributed by atoms with Gasteiger partial charge in [-0.05, 0) is 49.7 Å². The van der Waals surface area contributed by atoms with Crippen LogP contribution in [0.25, 0.3) is 11.0 Å². The quantitative estimate of drug-likeness (QED) is 0.646. The van der Waals surface area contributed by atoms with Crippen LogP contribution in [0.4, 0.5) is 10.1 Å². The molecule has 0 aliphatic heterocycles. The van der Waals surface area contributed by atoms with E-state index in [-0.39, 0.29) is 11.9 Å². The third kappa shape index (κ3) is 2.81. The Balaban J connectivity index is 1.91. The number of para-hydroxylation sites is 1. The van der Waals surface area contributed by atoms with Crippen LogP contribution in [0.3, 0.4) is 0 Å². The van der Waals surface area contributed by atoms with Crippen molar-refractivity contribution in [2.75, 3.05) is 5.32 Å². The highest BCUT2D eigenvalue weighted by atomic mass is 79.9. The summed E-state index contributed by atoms with van der Waals surface area (Å²) in [6.45, 7) is 3.84. The van der Waals surface area contributed by atoms with Crippen LogP contribution >= 0.6 is 15.9 Å². The largest absolute Gasteiger partial charge is 0.459 e. The van der Waals surface area contributed by atoms with Gasteiger partial charge in [-0.1, -0.05) is 28.1 Å². The van der Waals surface area contributed by atoms with Crippen molar-refractivity contribution in [3.8, 4) is 0 Å². The van der Waals surface area contributed by atoms with Crippen LogP contribution in [-0.4, -0.2) is 0 Å². The summed E-state index contributed by atoms with van der Waals surface area (Å²) in [6, 6.07) is 12.8. The zero-order valence-corrected chi connectivity index (χ0v) is 13.4. The third-order valence-electron chi connectivity index (χ3n) is 3.51. The standard InChI is InChI=1S/C17H15BrFNO/c1-10-4-3-5-14(19)17(10)20-11(2)16-9-12-8-13(18)6-7-15(12)21-16/h3-9,11,20H,1-2H3. The van der Waals surface area contributed by atoms with Gasteiger partial charge in [0.2, 0.25) is 0 Å². The minimum atomic E-state index is -0.249. The van der Waals surface area contributed by atoms with Gasteiger partial charge in [-0.25, -0.2) is 4.39 Å². The van der Waals surface area contributed by atoms with Gasteiger partial charge < -0.3 is 9.73 Å². The molecule has 2 aromatic carbocycles. The summed E-state index contributed by atoms with van der Waals surface area (Å²) in [5, 5.41) is 4.22. The maximum Gasteiger partial charge on any atom is 0.146 e. The molecular weight excluding hydrogens is 333 g/mol. The van der Waals surface area contributed by atoms with E-state index >= 15 is 0 Å². The second-order valence-electron chi connectivity index (χ2n) is 5.13. The molecule has 0 saturated carbocycles. The molecular formula is C17H15BrFNO. The molecule has 0 fully saturated rings. The molecule has 1 unspecified atom stereocenters. The molecule has 0 radical (unpaired) electrons. The molecule has 2 nitrogen and oxygen atoms in total. The second-order valence-corrected chi connectivity index (χ2v) is 6.04. The second kappa shape index (κ2) is 5.53. The summed E-state index contributed by atoms with van der Waals surface area (Å²) in [6.07, 6.45) is 0. The highest BCUT2D eigenvalue weighted by Gasteiger charge is 2.14. The molecule has 3 rings (SSSR count). The molecule has 0 spiro atoms. The Morgan fingerprint density at radius 3 is 2.76 bits per heavy atom. The van der Waals surface area contributed by atoms with Gasteiger partial charge in [0.25, 0.3) is 0 Å². The molecule has 4 heteroatoms. The predicted octanol–water partition coefficient (Wildman–Crippen LogP) is 5.82. The Morgan fingerprint density at radius 1 is 1.19 bits per heavy atom. The fourth-order valence-corrected chi connectivity index (χ4v) is 2.73. The lowest BCUT2D eigenvalue weighted by Crippen LogP contribution is -2.08. The van der Waals surface area contributed by atoms with Crippen molar-refractivity contribution in [1.82, 2.24) is 0 Å². The zero-order valence-electron chi connectivity index (χ0n) is 11.8. The first-order valence-electron chi connectivity index (χ1n) is 6.75. The van der Waals surface area contributed by atoms with Gasteiger partial charge in [-0.2, -0.15) is 0 Å². The number of benzene rings is 2. The summed E-state index contributed by atoms with van der Waals surface area (Å²) in [7, 11) is 0. The summed E-state index contributed by atoms with van der Waals surface area (Å²) in [5.74, 6) is 0.534. The van der Waals surface area contributed by atoms with Crippen molar-refractivity contribution in [2.24, 2.45) is 0 Å². The summed E-state index contributed by atoms with van der Waals surface area (Å²) < 4.78 is 20.7. The monoisotopic (exact) mass is 347 g/mol. The van der Waals surface area contributed by atoms with Gasteiger partial charge in [0, 0.05) is 9.86 Å². The van der Waals surface area contributed by atoms with E-state index in [1.165, 1.54) is 6.07 Å². The van der Waals surface area contributed by atoms with Crippen LogP contribution in [0.5, 0.6) is 0 Å². The Morgan fingerprint density at radius 2 is 2.00 bits per heavy atom. The number of fused-ring (bicyclic) bond motifs is 1. The van der Waals surface area contributed by atoms with E-state index in [1.54, 1.807) is 6.07 Å². The molecule has 0 saturated heterocycles. The van der Waals surface area contributed by atoms with Crippen LogP contribution in [0.2, 0.25) is 0 Å². The lowest BCUT2D eigenvalue weighted by atomic mass is 10.1. The lowest BCUT2D eigenvalue weighted by molar-refractivity contribution is 0.524. The van der Waals surface area contributed by atoms with E-state index in [0.29, 0.717) is 5.69 Å². The summed E-state index contributed by atoms with van der Waals surface area (Å²) in [4.78, 5) is 0. The summed E-state index contributed by atoms with van der Waals surface area (Å²) >= 11 is 3.44. The molecule has 1 heterocycles. The van der Waals surface area contributed by atoms with Crippen LogP contribution in [0.15, 0.2) is 51.4 Å². The number of hydrogen-bond donors (Lipinski definition) is 1. The molecule has 1 aromatic heterocycles. The first kappa shape index (κ1) is 14.1. The van der Waals surface area contributed by atoms with Crippen molar-refractivity contribution in [1.29, 1.82) is 0 Å². The van der Waals surface area contributed by atoms with Crippen molar-refractivity contribution in [2.45, 2.75) is 19.9 Å². The molecule has 0 bridgehead atoms. The van der Waals surface area contributed by atoms with Gasteiger partial charge >= 0.3 is 0 Å². The number of furan rings is 1. The van der Waals surface area contributed by atoms with E-state index in [4.69, 9.17) is 4.42 Å². The topological polar surface area (TPSA) is 25.2 Å². The van der Waals surface area contributed by atoms with Crippen molar-refractivity contribution >= 4 is 32.6 Å². The number of rotatable bonds is 3. The molecule has 3 aromatic rings. The molecule has 0 aliphatic rings. The van der Waals surface area contributed by atoms with Gasteiger partial charge in [0.15, 0.2) is 0 Å². The SMILES string of the molecule is Cc1cccc(F)c1NC(C)c1cc2cc(Br)ccc2o1. The van der Waals surface area contributed by atoms with E-state index in [9.17, 15) is 4.39 Å². The van der Waals surface area contributed by atoms with Crippen molar-refractivity contribution in [3.63, 3.8) is 0 Å². The number of aryl methyl sites for hydroxylation is 1. The lowest BCUT2D eigenvalue weighted by Gasteiger charge is -2.15. The van der Waals surface area contributed by atoms with Gasteiger partial charge in [0.1, 0.15) is 17.2 Å². The van der Waals surface area contributed by atoms with Gasteiger partial charge in [-0.3, -0.25) is 0 Å². The maximum absolute atomic E-state index is 13.9. The highest BCUT2D eigenvalue weighted by Crippen LogP contribution is 2.29. The predicted molar refractivity (Wildman–Crippen MR) is 87.1 cm³/mol. The Kier molecular flexibility index (Phi) is 3.72. The molecule has 1 N–H and O–H groups in total. The van der Waals surface area contributed by atoms with Crippen LogP contribution in [0, 0.1) is 12.7 Å². The molecule has 0 aliphatic carbocycles. The smallest absolute Gasteiger partial charge is 0.146 e.